The van der Waals surface area contributed by atoms with Gasteiger partial charge in [0.15, 0.2) is 0 Å². The van der Waals surface area contributed by atoms with E-state index in [0.717, 1.165) is 82.5 Å². The molecule has 3 saturated heterocycles. The average molecular weight is 529 g/mol. The number of hydrogen-bond donors (Lipinski definition) is 1. The highest BCUT2D eigenvalue weighted by molar-refractivity contribution is 5.83. The summed E-state index contributed by atoms with van der Waals surface area (Å²) >= 11 is 0. The molecule has 4 bridgehead atoms. The van der Waals surface area contributed by atoms with E-state index in [1.807, 2.05) is 11.8 Å². The molecular formula is C30H48N4O4. The molecule has 0 radical (unpaired) electrons. The molecule has 8 heteroatoms. The van der Waals surface area contributed by atoms with Crippen LogP contribution in [0, 0.1) is 35.0 Å². The highest BCUT2D eigenvalue weighted by Gasteiger charge is 2.55. The molecule has 212 valence electrons. The van der Waals surface area contributed by atoms with Gasteiger partial charge in [-0.1, -0.05) is 0 Å². The molecule has 3 heterocycles. The van der Waals surface area contributed by atoms with Crippen molar-refractivity contribution in [3.63, 3.8) is 0 Å². The Bertz CT molecular complexity index is 849. The Kier molecular flexibility index (Phi) is 7.51. The number of ether oxygens (including phenoxy) is 1. The zero-order chi connectivity index (χ0) is 26.3. The number of rotatable bonds is 4. The maximum Gasteiger partial charge on any atom is 0.409 e. The predicted molar refractivity (Wildman–Crippen MR) is 144 cm³/mol. The molecular weight excluding hydrogens is 480 g/mol. The molecule has 7 aliphatic rings. The number of piperidine rings is 3. The summed E-state index contributed by atoms with van der Waals surface area (Å²) in [7, 11) is 0. The van der Waals surface area contributed by atoms with E-state index in [2.05, 4.69) is 10.2 Å². The van der Waals surface area contributed by atoms with Gasteiger partial charge < -0.3 is 24.8 Å². The van der Waals surface area contributed by atoms with Gasteiger partial charge in [0.25, 0.3) is 0 Å². The van der Waals surface area contributed by atoms with Crippen LogP contribution >= 0.6 is 0 Å². The summed E-state index contributed by atoms with van der Waals surface area (Å²) in [5.74, 6) is 4.33. The quantitative estimate of drug-likeness (QED) is 0.583. The Hall–Kier alpha value is -1.99. The predicted octanol–water partition coefficient (Wildman–Crippen LogP) is 4.48. The van der Waals surface area contributed by atoms with Gasteiger partial charge >= 0.3 is 12.1 Å². The SMILES string of the molecule is CCOC(=O)N1CCC(NC(=O)N2CCC(C3CCN(C(=O)C45CC6CC(CC(C6)C4)C5)CC3)CC2)CC1. The Morgan fingerprint density at radius 2 is 1.18 bits per heavy atom. The summed E-state index contributed by atoms with van der Waals surface area (Å²) in [5.41, 5.74) is -0.00424. The lowest BCUT2D eigenvalue weighted by Crippen LogP contribution is -2.56. The van der Waals surface area contributed by atoms with Crippen molar-refractivity contribution in [3.8, 4) is 0 Å². The summed E-state index contributed by atoms with van der Waals surface area (Å²) in [4.78, 5) is 44.5. The Morgan fingerprint density at radius 3 is 1.68 bits per heavy atom. The molecule has 7 fully saturated rings. The molecule has 4 aliphatic carbocycles. The van der Waals surface area contributed by atoms with Crippen molar-refractivity contribution in [1.29, 1.82) is 0 Å². The van der Waals surface area contributed by atoms with Gasteiger partial charge in [-0.15, -0.1) is 0 Å². The van der Waals surface area contributed by atoms with Crippen LogP contribution in [0.25, 0.3) is 0 Å². The topological polar surface area (TPSA) is 82.2 Å². The molecule has 4 saturated carbocycles. The van der Waals surface area contributed by atoms with Crippen molar-refractivity contribution >= 4 is 18.0 Å². The van der Waals surface area contributed by atoms with Crippen molar-refractivity contribution in [1.82, 2.24) is 20.0 Å². The van der Waals surface area contributed by atoms with Crippen LogP contribution in [0.4, 0.5) is 9.59 Å². The summed E-state index contributed by atoms with van der Waals surface area (Å²) in [6.07, 6.45) is 13.4. The summed E-state index contributed by atoms with van der Waals surface area (Å²) < 4.78 is 5.09. The molecule has 7 rings (SSSR count). The smallest absolute Gasteiger partial charge is 0.409 e. The molecule has 8 nitrogen and oxygen atoms in total. The van der Waals surface area contributed by atoms with Crippen molar-refractivity contribution in [2.24, 2.45) is 35.0 Å². The zero-order valence-corrected chi connectivity index (χ0v) is 23.4. The fourth-order valence-electron chi connectivity index (χ4n) is 9.54. The minimum Gasteiger partial charge on any atom is -0.450 e. The third-order valence-electron chi connectivity index (χ3n) is 11.2. The second-order valence-corrected chi connectivity index (χ2v) is 13.6. The third kappa shape index (κ3) is 5.25. The van der Waals surface area contributed by atoms with E-state index in [1.54, 1.807) is 4.90 Å². The summed E-state index contributed by atoms with van der Waals surface area (Å²) in [5, 5.41) is 3.21. The molecule has 0 atom stereocenters. The van der Waals surface area contributed by atoms with Crippen molar-refractivity contribution in [2.75, 3.05) is 45.9 Å². The Labute approximate surface area is 228 Å². The fraction of sp³-hybridized carbons (Fsp3) is 0.900. The van der Waals surface area contributed by atoms with Crippen LogP contribution in [-0.4, -0.2) is 84.6 Å². The van der Waals surface area contributed by atoms with E-state index in [1.165, 1.54) is 38.5 Å². The lowest BCUT2D eigenvalue weighted by Gasteiger charge is -2.57. The van der Waals surface area contributed by atoms with Gasteiger partial charge in [0.05, 0.1) is 12.0 Å². The number of nitrogens with zero attached hydrogens (tertiary/aromatic N) is 3. The van der Waals surface area contributed by atoms with E-state index >= 15 is 0 Å². The van der Waals surface area contributed by atoms with Crippen molar-refractivity contribution < 1.29 is 19.1 Å². The Balaban J connectivity index is 0.917. The number of carbonyl (C=O) groups excluding carboxylic acids is 3. The summed E-state index contributed by atoms with van der Waals surface area (Å²) in [6.45, 7) is 7.01. The van der Waals surface area contributed by atoms with Gasteiger partial charge in [-0.2, -0.15) is 0 Å². The van der Waals surface area contributed by atoms with Crippen LogP contribution in [0.5, 0.6) is 0 Å². The van der Waals surface area contributed by atoms with Crippen LogP contribution < -0.4 is 5.32 Å². The van der Waals surface area contributed by atoms with Gasteiger partial charge in [0.2, 0.25) is 5.91 Å². The number of amides is 4. The standard InChI is InChI=1S/C30H48N4O4/c1-2-38-29(37)34-13-7-26(8-14-34)31-28(36)33-11-5-25(6-12-33)24-3-9-32(10-4-24)27(35)30-18-21-15-22(19-30)17-23(16-21)20-30/h21-26H,2-20H2,1H3,(H,31,36). The highest BCUT2D eigenvalue weighted by Crippen LogP contribution is 2.60. The number of carbonyl (C=O) groups is 3. The van der Waals surface area contributed by atoms with Gasteiger partial charge in [-0.25, -0.2) is 9.59 Å². The molecule has 0 aromatic heterocycles. The lowest BCUT2D eigenvalue weighted by atomic mass is 9.49. The maximum atomic E-state index is 13.7. The van der Waals surface area contributed by atoms with E-state index in [0.29, 0.717) is 37.4 Å². The number of urea groups is 1. The largest absolute Gasteiger partial charge is 0.450 e. The van der Waals surface area contributed by atoms with Crippen molar-refractivity contribution in [2.45, 2.75) is 90.0 Å². The zero-order valence-electron chi connectivity index (χ0n) is 23.4. The van der Waals surface area contributed by atoms with E-state index < -0.39 is 0 Å². The van der Waals surface area contributed by atoms with Crippen molar-refractivity contribution in [3.05, 3.63) is 0 Å². The molecule has 0 aromatic carbocycles. The molecule has 0 spiro atoms. The minimum atomic E-state index is -0.248. The van der Waals surface area contributed by atoms with Crippen LogP contribution in [0.3, 0.4) is 0 Å². The molecule has 3 aliphatic heterocycles. The second kappa shape index (κ2) is 10.9. The molecule has 1 N–H and O–H groups in total. The van der Waals surface area contributed by atoms with Crippen LogP contribution in [-0.2, 0) is 9.53 Å². The van der Waals surface area contributed by atoms with Gasteiger partial charge in [-0.05, 0) is 114 Å². The second-order valence-electron chi connectivity index (χ2n) is 13.6. The van der Waals surface area contributed by atoms with Gasteiger partial charge in [-0.3, -0.25) is 4.79 Å². The molecule has 0 aromatic rings. The first-order valence-corrected chi connectivity index (χ1v) is 15.7. The van der Waals surface area contributed by atoms with Gasteiger partial charge in [0, 0.05) is 45.3 Å². The minimum absolute atomic E-state index is 0.00424. The fourth-order valence-corrected chi connectivity index (χ4v) is 9.54. The van der Waals surface area contributed by atoms with Crippen LogP contribution in [0.15, 0.2) is 0 Å². The first-order valence-electron chi connectivity index (χ1n) is 15.7. The van der Waals surface area contributed by atoms with E-state index in [4.69, 9.17) is 4.74 Å². The third-order valence-corrected chi connectivity index (χ3v) is 11.2. The van der Waals surface area contributed by atoms with E-state index in [-0.39, 0.29) is 23.6 Å². The van der Waals surface area contributed by atoms with Crippen LogP contribution in [0.2, 0.25) is 0 Å². The number of nitrogens with one attached hydrogen (secondary N) is 1. The molecule has 0 unspecified atom stereocenters. The number of hydrogen-bond acceptors (Lipinski definition) is 4. The normalized spacial score (nSPS) is 34.4. The monoisotopic (exact) mass is 528 g/mol. The molecule has 4 amide bonds. The molecule has 38 heavy (non-hydrogen) atoms. The highest BCUT2D eigenvalue weighted by atomic mass is 16.6. The van der Waals surface area contributed by atoms with Gasteiger partial charge in [0.1, 0.15) is 0 Å². The first kappa shape index (κ1) is 26.2. The lowest BCUT2D eigenvalue weighted by molar-refractivity contribution is -0.159. The Morgan fingerprint density at radius 1 is 0.711 bits per heavy atom. The number of likely N-dealkylation sites (tertiary alicyclic amines) is 3. The first-order chi connectivity index (χ1) is 18.4. The van der Waals surface area contributed by atoms with Crippen LogP contribution in [0.1, 0.15) is 84.0 Å². The maximum absolute atomic E-state index is 13.7. The van der Waals surface area contributed by atoms with E-state index in [9.17, 15) is 14.4 Å². The summed E-state index contributed by atoms with van der Waals surface area (Å²) in [6, 6.07) is 0.177. The average Bonchev–Trinajstić information content (AvgIpc) is 2.92.